The maximum atomic E-state index is 12.8. The van der Waals surface area contributed by atoms with Gasteiger partial charge >= 0.3 is 19.8 Å². The van der Waals surface area contributed by atoms with E-state index in [1.807, 2.05) is 0 Å². The number of hydrogen-bond acceptors (Lipinski definition) is 12. The summed E-state index contributed by atoms with van der Waals surface area (Å²) in [6, 6.07) is 0. The van der Waals surface area contributed by atoms with E-state index in [1.165, 1.54) is 77.0 Å². The van der Waals surface area contributed by atoms with Crippen LogP contribution in [-0.2, 0) is 32.7 Å². The lowest BCUT2D eigenvalue weighted by atomic mass is 9.85. The molecule has 0 aromatic heterocycles. The molecule has 0 spiro atoms. The van der Waals surface area contributed by atoms with Crippen LogP contribution in [0.15, 0.2) is 24.3 Å². The fraction of sp³-hybridized carbons (Fsp3) is 0.857. The number of carbonyl (C=O) groups excluding carboxylic acids is 2. The van der Waals surface area contributed by atoms with Crippen LogP contribution >= 0.6 is 7.82 Å². The van der Waals surface area contributed by atoms with E-state index in [0.29, 0.717) is 12.8 Å². The number of hydrogen-bond donors (Lipinski definition) is 6. The highest BCUT2D eigenvalue weighted by Crippen LogP contribution is 2.47. The predicted octanol–water partition coefficient (Wildman–Crippen LogP) is 7.67. The van der Waals surface area contributed by atoms with Gasteiger partial charge in [0.15, 0.2) is 6.10 Å². The molecular formula is C42H77O13P. The normalized spacial score (nSPS) is 23.1. The molecule has 13 nitrogen and oxygen atoms in total. The molecule has 1 rings (SSSR count). The van der Waals surface area contributed by atoms with Gasteiger partial charge in [-0.15, -0.1) is 0 Å². The maximum Gasteiger partial charge on any atom is 0.472 e. The first-order valence-corrected chi connectivity index (χ1v) is 23.1. The van der Waals surface area contributed by atoms with Crippen LogP contribution in [0.1, 0.15) is 174 Å². The third kappa shape index (κ3) is 25.6. The van der Waals surface area contributed by atoms with Gasteiger partial charge in [0.25, 0.3) is 0 Å². The molecule has 0 aromatic rings. The van der Waals surface area contributed by atoms with Gasteiger partial charge in [-0.3, -0.25) is 18.6 Å². The first-order valence-electron chi connectivity index (χ1n) is 21.6. The van der Waals surface area contributed by atoms with Crippen molar-refractivity contribution in [1.29, 1.82) is 0 Å². The number of esters is 2. The van der Waals surface area contributed by atoms with Crippen molar-refractivity contribution in [3.05, 3.63) is 24.3 Å². The molecule has 1 saturated carbocycles. The van der Waals surface area contributed by atoms with Gasteiger partial charge in [0, 0.05) is 12.8 Å². The van der Waals surface area contributed by atoms with Crippen molar-refractivity contribution in [3.8, 4) is 0 Å². The van der Waals surface area contributed by atoms with E-state index >= 15 is 0 Å². The summed E-state index contributed by atoms with van der Waals surface area (Å²) in [4.78, 5) is 35.5. The third-order valence-corrected chi connectivity index (χ3v) is 11.0. The SMILES string of the molecule is CCCCC/C=C/CCCCCCCC(=O)O[C@@H](COC(=O)CCCC/C=C/CCCCCCCCCCC)COP(=O)(O)OC1C(O)C(O)C(O)[C@H](O)C1O. The first-order chi connectivity index (χ1) is 26.9. The van der Waals surface area contributed by atoms with E-state index in [1.54, 1.807) is 0 Å². The van der Waals surface area contributed by atoms with Crippen LogP contribution in [0.5, 0.6) is 0 Å². The largest absolute Gasteiger partial charge is 0.472 e. The number of rotatable bonds is 35. The van der Waals surface area contributed by atoms with Crippen molar-refractivity contribution in [2.24, 2.45) is 0 Å². The van der Waals surface area contributed by atoms with Crippen LogP contribution in [0, 0.1) is 0 Å². The summed E-state index contributed by atoms with van der Waals surface area (Å²) in [6.45, 7) is 3.23. The predicted molar refractivity (Wildman–Crippen MR) is 217 cm³/mol. The first kappa shape index (κ1) is 52.3. The molecule has 1 fully saturated rings. The zero-order chi connectivity index (χ0) is 41.4. The van der Waals surface area contributed by atoms with Gasteiger partial charge in [0.2, 0.25) is 0 Å². The molecule has 0 radical (unpaired) electrons. The quantitative estimate of drug-likeness (QED) is 0.0157. The Kier molecular flexibility index (Phi) is 31.0. The van der Waals surface area contributed by atoms with Crippen LogP contribution in [-0.4, -0.2) is 98.3 Å². The molecule has 6 N–H and O–H groups in total. The van der Waals surface area contributed by atoms with Gasteiger partial charge in [0.1, 0.15) is 43.2 Å². The van der Waals surface area contributed by atoms with Crippen molar-refractivity contribution >= 4 is 19.8 Å². The van der Waals surface area contributed by atoms with Gasteiger partial charge in [0.05, 0.1) is 6.61 Å². The van der Waals surface area contributed by atoms with Gasteiger partial charge < -0.3 is 39.9 Å². The van der Waals surface area contributed by atoms with Gasteiger partial charge in [-0.2, -0.15) is 0 Å². The molecule has 0 bridgehead atoms. The molecule has 0 aromatic carbocycles. The lowest BCUT2D eigenvalue weighted by Gasteiger charge is -2.41. The van der Waals surface area contributed by atoms with Crippen molar-refractivity contribution in [2.75, 3.05) is 13.2 Å². The zero-order valence-corrected chi connectivity index (χ0v) is 35.3. The molecule has 0 saturated heterocycles. The summed E-state index contributed by atoms with van der Waals surface area (Å²) in [6.07, 6.45) is 21.0. The van der Waals surface area contributed by atoms with E-state index < -0.39 is 75.7 Å². The molecule has 8 atom stereocenters. The number of aliphatic hydroxyl groups excluding tert-OH is 5. The number of ether oxygens (including phenoxy) is 2. The maximum absolute atomic E-state index is 12.8. The lowest BCUT2D eigenvalue weighted by molar-refractivity contribution is -0.220. The van der Waals surface area contributed by atoms with Gasteiger partial charge in [-0.05, 0) is 64.2 Å². The standard InChI is InChI=1S/C42H77O13P/c1-3-5-7-9-11-13-15-17-18-19-21-22-24-26-28-30-35(43)52-32-34(54-36(44)31-29-27-25-23-20-16-14-12-10-8-6-4-2)33-53-56(50,51)55-42-40(48)38(46)37(45)39(47)41(42)49/h12,14,21-22,34,37-42,45-49H,3-11,13,15-20,23-33H2,1-2H3,(H,50,51)/b14-12+,22-21+/t34-,37?,38-,39?,40?,41?,42?/m0/s1. The Bertz CT molecular complexity index is 1090. The molecule has 14 heteroatoms. The lowest BCUT2D eigenvalue weighted by Crippen LogP contribution is -2.64. The van der Waals surface area contributed by atoms with Crippen LogP contribution in [0.2, 0.25) is 0 Å². The van der Waals surface area contributed by atoms with Crippen molar-refractivity contribution in [2.45, 2.75) is 217 Å². The molecule has 0 amide bonds. The summed E-state index contributed by atoms with van der Waals surface area (Å²) in [7, 11) is -5.12. The van der Waals surface area contributed by atoms with Gasteiger partial charge in [-0.25, -0.2) is 4.57 Å². The highest BCUT2D eigenvalue weighted by molar-refractivity contribution is 7.47. The molecule has 1 aliphatic carbocycles. The summed E-state index contributed by atoms with van der Waals surface area (Å²) in [5, 5.41) is 50.0. The average Bonchev–Trinajstić information content (AvgIpc) is 3.18. The Hall–Kier alpha value is -1.67. The average molecular weight is 821 g/mol. The number of phosphoric ester groups is 1. The molecule has 56 heavy (non-hydrogen) atoms. The number of aliphatic hydroxyl groups is 5. The molecule has 0 heterocycles. The molecule has 6 unspecified atom stereocenters. The summed E-state index contributed by atoms with van der Waals surface area (Å²) in [5.41, 5.74) is 0. The van der Waals surface area contributed by atoms with Crippen molar-refractivity contribution < 1.29 is 63.1 Å². The van der Waals surface area contributed by atoms with Crippen molar-refractivity contribution in [3.63, 3.8) is 0 Å². The third-order valence-electron chi connectivity index (χ3n) is 10.0. The van der Waals surface area contributed by atoms with E-state index in [2.05, 4.69) is 38.2 Å². The monoisotopic (exact) mass is 821 g/mol. The minimum Gasteiger partial charge on any atom is -0.462 e. The Morgan fingerprint density at radius 1 is 0.536 bits per heavy atom. The minimum absolute atomic E-state index is 0.0836. The second kappa shape index (κ2) is 33.2. The summed E-state index contributed by atoms with van der Waals surface area (Å²) < 4.78 is 33.4. The Morgan fingerprint density at radius 2 is 0.911 bits per heavy atom. The van der Waals surface area contributed by atoms with Crippen LogP contribution in [0.3, 0.4) is 0 Å². The van der Waals surface area contributed by atoms with E-state index in [0.717, 1.165) is 57.8 Å². The number of phosphoric acid groups is 1. The summed E-state index contributed by atoms with van der Waals surface area (Å²) >= 11 is 0. The van der Waals surface area contributed by atoms with Crippen molar-refractivity contribution in [1.82, 2.24) is 0 Å². The highest BCUT2D eigenvalue weighted by atomic mass is 31.2. The number of allylic oxidation sites excluding steroid dienone is 4. The van der Waals surface area contributed by atoms with Crippen LogP contribution < -0.4 is 0 Å². The Labute approximate surface area is 336 Å². The van der Waals surface area contributed by atoms with Crippen LogP contribution in [0.4, 0.5) is 0 Å². The van der Waals surface area contributed by atoms with E-state index in [-0.39, 0.29) is 12.8 Å². The van der Waals surface area contributed by atoms with E-state index in [4.69, 9.17) is 18.5 Å². The smallest absolute Gasteiger partial charge is 0.462 e. The number of carbonyl (C=O) groups is 2. The molecular weight excluding hydrogens is 743 g/mol. The fourth-order valence-corrected chi connectivity index (χ4v) is 7.42. The molecule has 1 aliphatic rings. The molecule has 0 aliphatic heterocycles. The summed E-state index contributed by atoms with van der Waals surface area (Å²) in [5.74, 6) is -1.13. The fourth-order valence-electron chi connectivity index (χ4n) is 6.45. The highest BCUT2D eigenvalue weighted by Gasteiger charge is 2.51. The topological polar surface area (TPSA) is 210 Å². The second-order valence-corrected chi connectivity index (χ2v) is 16.6. The van der Waals surface area contributed by atoms with E-state index in [9.17, 15) is 44.6 Å². The Morgan fingerprint density at radius 3 is 1.43 bits per heavy atom. The minimum atomic E-state index is -5.12. The Balaban J connectivity index is 2.51. The van der Waals surface area contributed by atoms with Crippen LogP contribution in [0.25, 0.3) is 0 Å². The molecule has 328 valence electrons. The van der Waals surface area contributed by atoms with Gasteiger partial charge in [-0.1, -0.05) is 122 Å². The second-order valence-electron chi connectivity index (χ2n) is 15.2. The number of unbranched alkanes of at least 4 members (excludes halogenated alkanes) is 19. The zero-order valence-electron chi connectivity index (χ0n) is 34.4.